The van der Waals surface area contributed by atoms with Crippen LogP contribution in [0.3, 0.4) is 0 Å². The highest BCUT2D eigenvalue weighted by Crippen LogP contribution is 2.24. The Morgan fingerprint density at radius 1 is 1.41 bits per heavy atom. The summed E-state index contributed by atoms with van der Waals surface area (Å²) >= 11 is 7.62. The molecule has 90 valence electrons. The van der Waals surface area contributed by atoms with Crippen LogP contribution in [-0.4, -0.2) is 14.8 Å². The molecular formula is C12H14ClN3S. The van der Waals surface area contributed by atoms with Crippen molar-refractivity contribution in [1.29, 1.82) is 0 Å². The maximum atomic E-state index is 5.94. The minimum absolute atomic E-state index is 0.381. The second kappa shape index (κ2) is 5.56. The van der Waals surface area contributed by atoms with E-state index in [0.717, 1.165) is 15.9 Å². The molecule has 3 nitrogen and oxygen atoms in total. The van der Waals surface area contributed by atoms with E-state index < -0.39 is 0 Å². The number of thioether (sulfide) groups is 1. The summed E-state index contributed by atoms with van der Waals surface area (Å²) in [7, 11) is 0. The van der Waals surface area contributed by atoms with Gasteiger partial charge in [0, 0.05) is 16.8 Å². The Bertz CT molecular complexity index is 496. The number of rotatable bonds is 4. The third kappa shape index (κ3) is 3.23. The van der Waals surface area contributed by atoms with E-state index >= 15 is 0 Å². The van der Waals surface area contributed by atoms with Crippen LogP contribution in [0, 0.1) is 0 Å². The lowest BCUT2D eigenvalue weighted by Gasteiger charge is -2.09. The zero-order valence-corrected chi connectivity index (χ0v) is 11.4. The standard InChI is InChI=1S/C12H14ClN3S/c1-9(2)16-8-14-15-12(16)17-7-10-4-3-5-11(13)6-10/h3-6,8-9H,7H2,1-2H3. The minimum Gasteiger partial charge on any atom is -0.306 e. The Morgan fingerprint density at radius 3 is 2.94 bits per heavy atom. The third-order valence-electron chi connectivity index (χ3n) is 2.35. The number of aromatic nitrogens is 3. The van der Waals surface area contributed by atoms with Gasteiger partial charge in [-0.2, -0.15) is 0 Å². The van der Waals surface area contributed by atoms with Crippen molar-refractivity contribution in [2.24, 2.45) is 0 Å². The third-order valence-corrected chi connectivity index (χ3v) is 3.62. The topological polar surface area (TPSA) is 30.7 Å². The number of halogens is 1. The lowest BCUT2D eigenvalue weighted by molar-refractivity contribution is 0.549. The second-order valence-electron chi connectivity index (χ2n) is 4.03. The van der Waals surface area contributed by atoms with Crippen molar-refractivity contribution in [3.05, 3.63) is 41.2 Å². The Morgan fingerprint density at radius 2 is 2.24 bits per heavy atom. The highest BCUT2D eigenvalue weighted by molar-refractivity contribution is 7.98. The fraction of sp³-hybridized carbons (Fsp3) is 0.333. The van der Waals surface area contributed by atoms with Gasteiger partial charge in [0.2, 0.25) is 0 Å². The monoisotopic (exact) mass is 267 g/mol. The summed E-state index contributed by atoms with van der Waals surface area (Å²) in [5.74, 6) is 0.853. The molecular weight excluding hydrogens is 254 g/mol. The van der Waals surface area contributed by atoms with E-state index in [1.165, 1.54) is 5.56 Å². The molecule has 5 heteroatoms. The van der Waals surface area contributed by atoms with Gasteiger partial charge in [0.25, 0.3) is 0 Å². The van der Waals surface area contributed by atoms with E-state index in [1.54, 1.807) is 18.1 Å². The highest BCUT2D eigenvalue weighted by Gasteiger charge is 2.07. The Kier molecular flexibility index (Phi) is 4.07. The number of hydrogen-bond donors (Lipinski definition) is 0. The van der Waals surface area contributed by atoms with Gasteiger partial charge >= 0.3 is 0 Å². The van der Waals surface area contributed by atoms with Crippen molar-refractivity contribution in [2.75, 3.05) is 0 Å². The zero-order valence-electron chi connectivity index (χ0n) is 9.80. The van der Waals surface area contributed by atoms with Crippen LogP contribution < -0.4 is 0 Å². The molecule has 0 fully saturated rings. The normalized spacial score (nSPS) is 11.1. The van der Waals surface area contributed by atoms with Crippen LogP contribution in [0.4, 0.5) is 0 Å². The maximum Gasteiger partial charge on any atom is 0.191 e. The first kappa shape index (κ1) is 12.5. The summed E-state index contributed by atoms with van der Waals surface area (Å²) in [6.07, 6.45) is 1.77. The number of nitrogens with zero attached hydrogens (tertiary/aromatic N) is 3. The Hall–Kier alpha value is -1.00. The molecule has 0 aliphatic rings. The molecule has 0 saturated carbocycles. The maximum absolute atomic E-state index is 5.94. The van der Waals surface area contributed by atoms with Crippen molar-refractivity contribution < 1.29 is 0 Å². The van der Waals surface area contributed by atoms with E-state index in [4.69, 9.17) is 11.6 Å². The summed E-state index contributed by atoms with van der Waals surface area (Å²) in [6.45, 7) is 4.24. The SMILES string of the molecule is CC(C)n1cnnc1SCc1cccc(Cl)c1. The molecule has 2 rings (SSSR count). The summed E-state index contributed by atoms with van der Waals surface area (Å²) in [5, 5.41) is 9.77. The van der Waals surface area contributed by atoms with Crippen LogP contribution in [0.1, 0.15) is 25.5 Å². The lowest BCUT2D eigenvalue weighted by atomic mass is 10.2. The molecule has 0 unspecified atom stereocenters. The van der Waals surface area contributed by atoms with Gasteiger partial charge in [0.05, 0.1) is 0 Å². The Labute approximate surface area is 110 Å². The minimum atomic E-state index is 0.381. The Balaban J connectivity index is 2.05. The van der Waals surface area contributed by atoms with Crippen molar-refractivity contribution in [3.63, 3.8) is 0 Å². The predicted octanol–water partition coefficient (Wildman–Crippen LogP) is 3.80. The van der Waals surface area contributed by atoms with E-state index in [0.29, 0.717) is 6.04 Å². The van der Waals surface area contributed by atoms with Crippen LogP contribution in [0.5, 0.6) is 0 Å². The molecule has 0 atom stereocenters. The summed E-state index contributed by atoms with van der Waals surface area (Å²) in [6, 6.07) is 8.27. The predicted molar refractivity (Wildman–Crippen MR) is 71.4 cm³/mol. The summed E-state index contributed by atoms with van der Waals surface area (Å²) in [5.41, 5.74) is 1.20. The molecule has 2 aromatic rings. The molecule has 0 N–H and O–H groups in total. The van der Waals surface area contributed by atoms with E-state index in [-0.39, 0.29) is 0 Å². The van der Waals surface area contributed by atoms with E-state index in [2.05, 4.69) is 34.7 Å². The van der Waals surface area contributed by atoms with Crippen molar-refractivity contribution in [1.82, 2.24) is 14.8 Å². The molecule has 0 bridgehead atoms. The first-order valence-electron chi connectivity index (χ1n) is 5.43. The summed E-state index contributed by atoms with van der Waals surface area (Å²) < 4.78 is 2.06. The van der Waals surface area contributed by atoms with Gasteiger partial charge in [0.15, 0.2) is 5.16 Å². The first-order chi connectivity index (χ1) is 8.16. The lowest BCUT2D eigenvalue weighted by Crippen LogP contribution is -2.00. The first-order valence-corrected chi connectivity index (χ1v) is 6.80. The molecule has 0 aliphatic heterocycles. The van der Waals surface area contributed by atoms with Gasteiger partial charge in [-0.1, -0.05) is 35.5 Å². The quantitative estimate of drug-likeness (QED) is 0.790. The molecule has 1 aromatic carbocycles. The molecule has 0 radical (unpaired) electrons. The van der Waals surface area contributed by atoms with Gasteiger partial charge in [0.1, 0.15) is 6.33 Å². The number of hydrogen-bond acceptors (Lipinski definition) is 3. The largest absolute Gasteiger partial charge is 0.306 e. The molecule has 1 heterocycles. The van der Waals surface area contributed by atoms with Gasteiger partial charge in [-0.05, 0) is 31.5 Å². The zero-order chi connectivity index (χ0) is 12.3. The fourth-order valence-corrected chi connectivity index (χ4v) is 2.66. The van der Waals surface area contributed by atoms with Gasteiger partial charge in [-0.15, -0.1) is 10.2 Å². The van der Waals surface area contributed by atoms with E-state index in [9.17, 15) is 0 Å². The van der Waals surface area contributed by atoms with Gasteiger partial charge < -0.3 is 4.57 Å². The molecule has 0 saturated heterocycles. The molecule has 0 amide bonds. The van der Waals surface area contributed by atoms with Crippen LogP contribution in [0.25, 0.3) is 0 Å². The average molecular weight is 268 g/mol. The second-order valence-corrected chi connectivity index (χ2v) is 5.41. The summed E-state index contributed by atoms with van der Waals surface area (Å²) in [4.78, 5) is 0. The van der Waals surface area contributed by atoms with Crippen molar-refractivity contribution in [2.45, 2.75) is 30.8 Å². The van der Waals surface area contributed by atoms with Crippen LogP contribution in [-0.2, 0) is 5.75 Å². The number of benzene rings is 1. The highest BCUT2D eigenvalue weighted by atomic mass is 35.5. The molecule has 0 aliphatic carbocycles. The average Bonchev–Trinajstić information content (AvgIpc) is 2.74. The molecule has 1 aromatic heterocycles. The van der Waals surface area contributed by atoms with Gasteiger partial charge in [-0.25, -0.2) is 0 Å². The molecule has 17 heavy (non-hydrogen) atoms. The molecule has 0 spiro atoms. The fourth-order valence-electron chi connectivity index (χ4n) is 1.46. The van der Waals surface area contributed by atoms with Crippen molar-refractivity contribution >= 4 is 23.4 Å². The smallest absolute Gasteiger partial charge is 0.191 e. The van der Waals surface area contributed by atoms with Crippen LogP contribution >= 0.6 is 23.4 Å². The van der Waals surface area contributed by atoms with Crippen LogP contribution in [0.15, 0.2) is 35.7 Å². The van der Waals surface area contributed by atoms with Crippen LogP contribution in [0.2, 0.25) is 5.02 Å². The van der Waals surface area contributed by atoms with E-state index in [1.807, 2.05) is 18.2 Å². The van der Waals surface area contributed by atoms with Crippen molar-refractivity contribution in [3.8, 4) is 0 Å². The van der Waals surface area contributed by atoms with Gasteiger partial charge in [-0.3, -0.25) is 0 Å².